The molecule has 1 saturated heterocycles. The predicted molar refractivity (Wildman–Crippen MR) is 100 cm³/mol. The molecule has 1 N–H and O–H groups in total. The summed E-state index contributed by atoms with van der Waals surface area (Å²) in [4.78, 5) is 27.3. The van der Waals surface area contributed by atoms with Gasteiger partial charge in [0.25, 0.3) is 0 Å². The molecule has 2 aliphatic rings. The number of hydrogen-bond donors (Lipinski definition) is 1. The van der Waals surface area contributed by atoms with Crippen molar-refractivity contribution in [2.45, 2.75) is 58.8 Å². The third kappa shape index (κ3) is 4.42. The van der Waals surface area contributed by atoms with E-state index >= 15 is 0 Å². The Bertz CT molecular complexity index is 627. The summed E-state index contributed by atoms with van der Waals surface area (Å²) in [5.74, 6) is 0.596. The normalized spacial score (nSPS) is 24.0. The van der Waals surface area contributed by atoms with Crippen LogP contribution in [0.3, 0.4) is 0 Å². The third-order valence-electron chi connectivity index (χ3n) is 5.77. The van der Waals surface area contributed by atoms with E-state index in [2.05, 4.69) is 11.4 Å². The molecule has 25 heavy (non-hydrogen) atoms. The van der Waals surface area contributed by atoms with Crippen molar-refractivity contribution in [3.63, 3.8) is 0 Å². The number of hydrogen-bond acceptors (Lipinski definition) is 2. The highest BCUT2D eigenvalue weighted by Gasteiger charge is 2.32. The molecule has 0 bridgehead atoms. The summed E-state index contributed by atoms with van der Waals surface area (Å²) in [6.45, 7) is 5.90. The second-order valence-electron chi connectivity index (χ2n) is 7.74. The van der Waals surface area contributed by atoms with Gasteiger partial charge < -0.3 is 10.2 Å². The number of anilines is 1. The topological polar surface area (TPSA) is 49.4 Å². The molecule has 0 unspecified atom stereocenters. The fourth-order valence-corrected chi connectivity index (χ4v) is 4.08. The maximum absolute atomic E-state index is 12.6. The molecule has 3 rings (SSSR count). The van der Waals surface area contributed by atoms with Crippen molar-refractivity contribution in [2.75, 3.05) is 18.4 Å². The van der Waals surface area contributed by atoms with Gasteiger partial charge in [-0.15, -0.1) is 0 Å². The first-order valence-electron chi connectivity index (χ1n) is 9.71. The molecule has 4 heteroatoms. The molecule has 136 valence electrons. The number of benzene rings is 1. The average Bonchev–Trinajstić information content (AvgIpc) is 2.65. The van der Waals surface area contributed by atoms with Crippen LogP contribution in [0.15, 0.2) is 18.2 Å². The summed E-state index contributed by atoms with van der Waals surface area (Å²) in [6.07, 6.45) is 6.86. The number of carbonyl (C=O) groups is 2. The van der Waals surface area contributed by atoms with Gasteiger partial charge in [-0.1, -0.05) is 12.1 Å². The van der Waals surface area contributed by atoms with Gasteiger partial charge in [-0.25, -0.2) is 0 Å². The lowest BCUT2D eigenvalue weighted by Gasteiger charge is -2.33. The quantitative estimate of drug-likeness (QED) is 0.900. The number of nitrogens with zero attached hydrogens (tertiary/aromatic N) is 1. The summed E-state index contributed by atoms with van der Waals surface area (Å²) in [5, 5.41) is 3.09. The summed E-state index contributed by atoms with van der Waals surface area (Å²) in [6, 6.07) is 6.13. The number of piperidine rings is 1. The van der Waals surface area contributed by atoms with Crippen molar-refractivity contribution in [2.24, 2.45) is 11.8 Å². The molecule has 4 nitrogen and oxygen atoms in total. The lowest BCUT2D eigenvalue weighted by atomic mass is 9.80. The molecule has 0 radical (unpaired) electrons. The van der Waals surface area contributed by atoms with E-state index in [1.165, 1.54) is 6.42 Å². The van der Waals surface area contributed by atoms with Crippen LogP contribution in [-0.2, 0) is 9.59 Å². The molecule has 0 spiro atoms. The van der Waals surface area contributed by atoms with Crippen LogP contribution in [0.1, 0.15) is 56.1 Å². The SMILES string of the molecule is Cc1ccc(C)c(NC(=O)C2CCC(C(=O)N3CCCCC3)CC2)c1. The van der Waals surface area contributed by atoms with Crippen LogP contribution >= 0.6 is 0 Å². The van der Waals surface area contributed by atoms with E-state index in [0.717, 1.165) is 68.4 Å². The van der Waals surface area contributed by atoms with Gasteiger partial charge >= 0.3 is 0 Å². The van der Waals surface area contributed by atoms with Gasteiger partial charge in [0, 0.05) is 30.6 Å². The Hall–Kier alpha value is -1.84. The van der Waals surface area contributed by atoms with E-state index in [9.17, 15) is 9.59 Å². The zero-order chi connectivity index (χ0) is 17.8. The minimum Gasteiger partial charge on any atom is -0.342 e. The van der Waals surface area contributed by atoms with Crippen LogP contribution in [-0.4, -0.2) is 29.8 Å². The van der Waals surface area contributed by atoms with Crippen LogP contribution < -0.4 is 5.32 Å². The molecule has 0 aromatic heterocycles. The largest absolute Gasteiger partial charge is 0.342 e. The van der Waals surface area contributed by atoms with Crippen molar-refractivity contribution in [1.29, 1.82) is 0 Å². The molecular weight excluding hydrogens is 312 g/mol. The third-order valence-corrected chi connectivity index (χ3v) is 5.77. The standard InChI is InChI=1S/C21H30N2O2/c1-15-6-7-16(2)19(14-15)22-20(24)17-8-10-18(11-9-17)21(25)23-12-4-3-5-13-23/h6-7,14,17-18H,3-5,8-13H2,1-2H3,(H,22,24). The van der Waals surface area contributed by atoms with Gasteiger partial charge in [0.15, 0.2) is 0 Å². The summed E-state index contributed by atoms with van der Waals surface area (Å²) < 4.78 is 0. The molecule has 1 heterocycles. The van der Waals surface area contributed by atoms with E-state index in [1.54, 1.807) is 0 Å². The van der Waals surface area contributed by atoms with Crippen LogP contribution in [0.2, 0.25) is 0 Å². The monoisotopic (exact) mass is 342 g/mol. The smallest absolute Gasteiger partial charge is 0.227 e. The van der Waals surface area contributed by atoms with Crippen LogP contribution in [0.4, 0.5) is 5.69 Å². The highest BCUT2D eigenvalue weighted by atomic mass is 16.2. The van der Waals surface area contributed by atoms with Crippen molar-refractivity contribution in [3.8, 4) is 0 Å². The van der Waals surface area contributed by atoms with Gasteiger partial charge in [-0.3, -0.25) is 9.59 Å². The van der Waals surface area contributed by atoms with Crippen molar-refractivity contribution in [1.82, 2.24) is 4.90 Å². The lowest BCUT2D eigenvalue weighted by Crippen LogP contribution is -2.41. The molecule has 1 aromatic carbocycles. The molecule has 2 amide bonds. The van der Waals surface area contributed by atoms with E-state index in [4.69, 9.17) is 0 Å². The molecule has 0 atom stereocenters. The zero-order valence-corrected chi connectivity index (χ0v) is 15.5. The first-order chi connectivity index (χ1) is 12.0. The van der Waals surface area contributed by atoms with Crippen molar-refractivity contribution >= 4 is 17.5 Å². The maximum Gasteiger partial charge on any atom is 0.227 e. The Labute approximate surface area is 151 Å². The number of likely N-dealkylation sites (tertiary alicyclic amines) is 1. The van der Waals surface area contributed by atoms with Gasteiger partial charge in [0.1, 0.15) is 0 Å². The Morgan fingerprint density at radius 1 is 0.960 bits per heavy atom. The second kappa shape index (κ2) is 8.03. The van der Waals surface area contributed by atoms with E-state index in [-0.39, 0.29) is 17.7 Å². The van der Waals surface area contributed by atoms with Gasteiger partial charge in [-0.05, 0) is 76.0 Å². The van der Waals surface area contributed by atoms with Gasteiger partial charge in [0.2, 0.25) is 11.8 Å². The zero-order valence-electron chi connectivity index (χ0n) is 15.5. The Kier molecular flexibility index (Phi) is 5.77. The molecular formula is C21H30N2O2. The van der Waals surface area contributed by atoms with E-state index in [1.807, 2.05) is 30.9 Å². The molecule has 1 aromatic rings. The number of rotatable bonds is 3. The summed E-state index contributed by atoms with van der Waals surface area (Å²) >= 11 is 0. The number of aryl methyl sites for hydroxylation is 2. The van der Waals surface area contributed by atoms with E-state index < -0.39 is 0 Å². The van der Waals surface area contributed by atoms with Crippen LogP contribution in [0.5, 0.6) is 0 Å². The van der Waals surface area contributed by atoms with Gasteiger partial charge in [0.05, 0.1) is 0 Å². The number of carbonyl (C=O) groups excluding carboxylic acids is 2. The summed E-state index contributed by atoms with van der Waals surface area (Å²) in [7, 11) is 0. The lowest BCUT2D eigenvalue weighted by molar-refractivity contribution is -0.138. The highest BCUT2D eigenvalue weighted by Crippen LogP contribution is 2.32. The van der Waals surface area contributed by atoms with Crippen molar-refractivity contribution < 1.29 is 9.59 Å². The molecule has 1 aliphatic carbocycles. The summed E-state index contributed by atoms with van der Waals surface area (Å²) in [5.41, 5.74) is 3.15. The Morgan fingerprint density at radius 2 is 1.60 bits per heavy atom. The molecule has 1 saturated carbocycles. The fraction of sp³-hybridized carbons (Fsp3) is 0.619. The fourth-order valence-electron chi connectivity index (χ4n) is 4.08. The highest BCUT2D eigenvalue weighted by molar-refractivity contribution is 5.93. The predicted octanol–water partition coefficient (Wildman–Crippen LogP) is 4.06. The number of amides is 2. The number of nitrogens with one attached hydrogen (secondary N) is 1. The first kappa shape index (κ1) is 18.0. The molecule has 1 aliphatic heterocycles. The van der Waals surface area contributed by atoms with Crippen molar-refractivity contribution in [3.05, 3.63) is 29.3 Å². The maximum atomic E-state index is 12.6. The van der Waals surface area contributed by atoms with Crippen LogP contribution in [0, 0.1) is 25.7 Å². The minimum absolute atomic E-state index is 0.0327. The second-order valence-corrected chi connectivity index (χ2v) is 7.74. The van der Waals surface area contributed by atoms with Gasteiger partial charge in [-0.2, -0.15) is 0 Å². The Balaban J connectivity index is 1.52. The molecule has 2 fully saturated rings. The average molecular weight is 342 g/mol. The minimum atomic E-state index is 0.0327. The van der Waals surface area contributed by atoms with Crippen LogP contribution in [0.25, 0.3) is 0 Å². The first-order valence-corrected chi connectivity index (χ1v) is 9.71. The van der Waals surface area contributed by atoms with E-state index in [0.29, 0.717) is 5.91 Å². The Morgan fingerprint density at radius 3 is 2.28 bits per heavy atom.